The van der Waals surface area contributed by atoms with Crippen LogP contribution in [0.3, 0.4) is 0 Å². The SMILES string of the molecule is CCN(CC)C(=O)c1cccc(NC(=O)c2ccc(NC(=O)c3cccs3)cc2)c1. The number of anilines is 2. The second-order valence-corrected chi connectivity index (χ2v) is 7.47. The minimum atomic E-state index is -0.293. The molecule has 2 N–H and O–H groups in total. The maximum Gasteiger partial charge on any atom is 0.265 e. The van der Waals surface area contributed by atoms with Crippen LogP contribution in [0.1, 0.15) is 44.2 Å². The molecule has 0 spiro atoms. The number of carbonyl (C=O) groups excluding carboxylic acids is 3. The van der Waals surface area contributed by atoms with Gasteiger partial charge in [-0.3, -0.25) is 14.4 Å². The van der Waals surface area contributed by atoms with E-state index in [9.17, 15) is 14.4 Å². The van der Waals surface area contributed by atoms with E-state index in [1.807, 2.05) is 25.3 Å². The van der Waals surface area contributed by atoms with Crippen LogP contribution in [0.2, 0.25) is 0 Å². The van der Waals surface area contributed by atoms with Gasteiger partial charge in [-0.25, -0.2) is 0 Å². The number of nitrogens with zero attached hydrogens (tertiary/aromatic N) is 1. The number of amides is 3. The van der Waals surface area contributed by atoms with Gasteiger partial charge in [0, 0.05) is 35.6 Å². The highest BCUT2D eigenvalue weighted by Crippen LogP contribution is 2.17. The van der Waals surface area contributed by atoms with Crippen molar-refractivity contribution < 1.29 is 14.4 Å². The van der Waals surface area contributed by atoms with Gasteiger partial charge >= 0.3 is 0 Å². The Morgan fingerprint density at radius 1 is 0.800 bits per heavy atom. The summed E-state index contributed by atoms with van der Waals surface area (Å²) >= 11 is 1.36. The standard InChI is InChI=1S/C23H23N3O3S/c1-3-26(4-2)23(29)17-7-5-8-19(15-17)25-21(27)16-10-12-18(13-11-16)24-22(28)20-9-6-14-30-20/h5-15H,3-4H2,1-2H3,(H,24,28)(H,25,27). The maximum atomic E-state index is 12.6. The molecule has 0 saturated heterocycles. The summed E-state index contributed by atoms with van der Waals surface area (Å²) in [6.07, 6.45) is 0. The molecule has 0 aliphatic carbocycles. The molecule has 3 amide bonds. The minimum absolute atomic E-state index is 0.0677. The number of carbonyl (C=O) groups is 3. The first-order valence-electron chi connectivity index (χ1n) is 9.67. The Bertz CT molecular complexity index is 1030. The fraction of sp³-hybridized carbons (Fsp3) is 0.174. The Balaban J connectivity index is 1.65. The molecule has 6 nitrogen and oxygen atoms in total. The van der Waals surface area contributed by atoms with Gasteiger partial charge in [-0.1, -0.05) is 12.1 Å². The van der Waals surface area contributed by atoms with E-state index in [-0.39, 0.29) is 17.7 Å². The molecule has 1 aromatic heterocycles. The summed E-state index contributed by atoms with van der Waals surface area (Å²) in [5.74, 6) is -0.544. The zero-order chi connectivity index (χ0) is 21.5. The van der Waals surface area contributed by atoms with E-state index in [0.717, 1.165) is 0 Å². The molecule has 1 heterocycles. The molecule has 0 unspecified atom stereocenters. The number of benzene rings is 2. The normalized spacial score (nSPS) is 10.3. The lowest BCUT2D eigenvalue weighted by Crippen LogP contribution is -2.30. The molecule has 0 aliphatic heterocycles. The molecule has 30 heavy (non-hydrogen) atoms. The van der Waals surface area contributed by atoms with E-state index in [1.165, 1.54) is 11.3 Å². The van der Waals surface area contributed by atoms with Gasteiger partial charge in [0.05, 0.1) is 4.88 Å². The fourth-order valence-electron chi connectivity index (χ4n) is 2.93. The van der Waals surface area contributed by atoms with Gasteiger partial charge in [0.2, 0.25) is 0 Å². The van der Waals surface area contributed by atoms with Crippen molar-refractivity contribution in [2.24, 2.45) is 0 Å². The molecule has 0 fully saturated rings. The second-order valence-electron chi connectivity index (χ2n) is 6.52. The molecule has 154 valence electrons. The van der Waals surface area contributed by atoms with E-state index < -0.39 is 0 Å². The van der Waals surface area contributed by atoms with Crippen LogP contribution < -0.4 is 10.6 Å². The van der Waals surface area contributed by atoms with E-state index in [1.54, 1.807) is 59.5 Å². The smallest absolute Gasteiger partial charge is 0.265 e. The number of nitrogens with one attached hydrogen (secondary N) is 2. The van der Waals surface area contributed by atoms with Crippen molar-refractivity contribution in [2.45, 2.75) is 13.8 Å². The number of hydrogen-bond acceptors (Lipinski definition) is 4. The summed E-state index contributed by atoms with van der Waals surface area (Å²) < 4.78 is 0. The molecule has 0 saturated carbocycles. The van der Waals surface area contributed by atoms with Crippen molar-refractivity contribution in [3.8, 4) is 0 Å². The lowest BCUT2D eigenvalue weighted by atomic mass is 10.1. The van der Waals surface area contributed by atoms with Crippen LogP contribution in [0, 0.1) is 0 Å². The molecular formula is C23H23N3O3S. The van der Waals surface area contributed by atoms with Crippen LogP contribution in [0.15, 0.2) is 66.0 Å². The summed E-state index contributed by atoms with van der Waals surface area (Å²) in [5.41, 5.74) is 2.14. The van der Waals surface area contributed by atoms with E-state index in [2.05, 4.69) is 10.6 Å². The average Bonchev–Trinajstić information content (AvgIpc) is 3.30. The summed E-state index contributed by atoms with van der Waals surface area (Å²) in [4.78, 5) is 39.5. The summed E-state index contributed by atoms with van der Waals surface area (Å²) in [5, 5.41) is 7.46. The van der Waals surface area contributed by atoms with Crippen LogP contribution in [0.4, 0.5) is 11.4 Å². The van der Waals surface area contributed by atoms with Crippen molar-refractivity contribution in [3.05, 3.63) is 82.0 Å². The predicted molar refractivity (Wildman–Crippen MR) is 120 cm³/mol. The maximum absolute atomic E-state index is 12.6. The lowest BCUT2D eigenvalue weighted by Gasteiger charge is -2.19. The Hall–Kier alpha value is -3.45. The van der Waals surface area contributed by atoms with Crippen molar-refractivity contribution in [1.82, 2.24) is 4.90 Å². The van der Waals surface area contributed by atoms with Crippen LogP contribution >= 0.6 is 11.3 Å². The third-order valence-corrected chi connectivity index (χ3v) is 5.44. The van der Waals surface area contributed by atoms with Crippen LogP contribution in [-0.4, -0.2) is 35.7 Å². The molecule has 7 heteroatoms. The van der Waals surface area contributed by atoms with Gasteiger partial charge in [0.15, 0.2) is 0 Å². The van der Waals surface area contributed by atoms with Gasteiger partial charge in [0.25, 0.3) is 17.7 Å². The summed E-state index contributed by atoms with van der Waals surface area (Å²) in [6, 6.07) is 17.1. The summed E-state index contributed by atoms with van der Waals surface area (Å²) in [6.45, 7) is 5.11. The highest BCUT2D eigenvalue weighted by molar-refractivity contribution is 7.12. The zero-order valence-corrected chi connectivity index (χ0v) is 17.7. The van der Waals surface area contributed by atoms with E-state index in [0.29, 0.717) is 40.5 Å². The molecule has 0 aliphatic rings. The topological polar surface area (TPSA) is 78.5 Å². The van der Waals surface area contributed by atoms with E-state index >= 15 is 0 Å². The third kappa shape index (κ3) is 5.12. The summed E-state index contributed by atoms with van der Waals surface area (Å²) in [7, 11) is 0. The van der Waals surface area contributed by atoms with Crippen molar-refractivity contribution in [3.63, 3.8) is 0 Å². The highest BCUT2D eigenvalue weighted by Gasteiger charge is 2.14. The Morgan fingerprint density at radius 3 is 2.13 bits per heavy atom. The number of rotatable bonds is 7. The van der Waals surface area contributed by atoms with Crippen molar-refractivity contribution >= 4 is 40.4 Å². The lowest BCUT2D eigenvalue weighted by molar-refractivity contribution is 0.0772. The van der Waals surface area contributed by atoms with Gasteiger partial charge in [-0.05, 0) is 67.8 Å². The molecular weight excluding hydrogens is 398 g/mol. The quantitative estimate of drug-likeness (QED) is 0.579. The molecule has 0 bridgehead atoms. The molecule has 0 atom stereocenters. The van der Waals surface area contributed by atoms with Crippen molar-refractivity contribution in [1.29, 1.82) is 0 Å². The van der Waals surface area contributed by atoms with Gasteiger partial charge < -0.3 is 15.5 Å². The first-order chi connectivity index (χ1) is 14.5. The average molecular weight is 422 g/mol. The first kappa shape index (κ1) is 21.3. The number of thiophene rings is 1. The minimum Gasteiger partial charge on any atom is -0.339 e. The van der Waals surface area contributed by atoms with E-state index in [4.69, 9.17) is 0 Å². The Morgan fingerprint density at radius 2 is 1.50 bits per heavy atom. The molecule has 3 aromatic rings. The fourth-order valence-corrected chi connectivity index (χ4v) is 3.55. The largest absolute Gasteiger partial charge is 0.339 e. The van der Waals surface area contributed by atoms with Gasteiger partial charge in [0.1, 0.15) is 0 Å². The highest BCUT2D eigenvalue weighted by atomic mass is 32.1. The predicted octanol–water partition coefficient (Wildman–Crippen LogP) is 4.73. The third-order valence-electron chi connectivity index (χ3n) is 4.57. The molecule has 0 radical (unpaired) electrons. The Labute approximate surface area is 179 Å². The molecule has 3 rings (SSSR count). The van der Waals surface area contributed by atoms with Crippen LogP contribution in [-0.2, 0) is 0 Å². The molecule has 2 aromatic carbocycles. The second kappa shape index (κ2) is 9.84. The number of hydrogen-bond donors (Lipinski definition) is 2. The van der Waals surface area contributed by atoms with Crippen LogP contribution in [0.25, 0.3) is 0 Å². The van der Waals surface area contributed by atoms with Crippen molar-refractivity contribution in [2.75, 3.05) is 23.7 Å². The Kier molecular flexibility index (Phi) is 6.98. The zero-order valence-electron chi connectivity index (χ0n) is 16.8. The first-order valence-corrected chi connectivity index (χ1v) is 10.6. The van der Waals surface area contributed by atoms with Crippen LogP contribution in [0.5, 0.6) is 0 Å². The van der Waals surface area contributed by atoms with Gasteiger partial charge in [-0.2, -0.15) is 0 Å². The van der Waals surface area contributed by atoms with Gasteiger partial charge in [-0.15, -0.1) is 11.3 Å². The monoisotopic (exact) mass is 421 g/mol.